The van der Waals surface area contributed by atoms with E-state index >= 15 is 0 Å². The first-order valence-corrected chi connectivity index (χ1v) is 7.36. The van der Waals surface area contributed by atoms with Crippen molar-refractivity contribution in [2.75, 3.05) is 12.3 Å². The Balaban J connectivity index is 0.00000400. The summed E-state index contributed by atoms with van der Waals surface area (Å²) in [5.41, 5.74) is 5.22. The van der Waals surface area contributed by atoms with Crippen molar-refractivity contribution in [2.24, 2.45) is 11.7 Å². The van der Waals surface area contributed by atoms with E-state index in [2.05, 4.69) is 5.32 Å². The van der Waals surface area contributed by atoms with E-state index in [0.29, 0.717) is 11.4 Å². The summed E-state index contributed by atoms with van der Waals surface area (Å²) in [7, 11) is 0. The normalized spacial score (nSPS) is 13.5. The molecule has 120 valence electrons. The lowest BCUT2D eigenvalue weighted by Crippen LogP contribution is -2.55. The molecule has 7 heteroatoms. The van der Waals surface area contributed by atoms with Gasteiger partial charge in [-0.2, -0.15) is 0 Å². The van der Waals surface area contributed by atoms with Gasteiger partial charge in [0.2, 0.25) is 5.91 Å². The van der Waals surface area contributed by atoms with E-state index in [1.165, 1.54) is 6.07 Å². The maximum atomic E-state index is 13.0. The molecule has 1 atom stereocenters. The highest BCUT2D eigenvalue weighted by Gasteiger charge is 2.28. The third-order valence-corrected chi connectivity index (χ3v) is 4.38. The summed E-state index contributed by atoms with van der Waals surface area (Å²) >= 11 is 1.15. The lowest BCUT2D eigenvalue weighted by atomic mass is 9.88. The van der Waals surface area contributed by atoms with Crippen molar-refractivity contribution in [3.8, 4) is 0 Å². The number of nitrogens with two attached hydrogens (primary N) is 1. The van der Waals surface area contributed by atoms with E-state index in [1.54, 1.807) is 0 Å². The average Bonchev–Trinajstić information content (AvgIpc) is 2.39. The largest absolute Gasteiger partial charge is 0.349 e. The molecule has 1 aromatic carbocycles. The average molecular weight is 339 g/mol. The van der Waals surface area contributed by atoms with Gasteiger partial charge in [0, 0.05) is 11.4 Å². The monoisotopic (exact) mass is 338 g/mol. The van der Waals surface area contributed by atoms with Crippen molar-refractivity contribution in [1.29, 1.82) is 0 Å². The number of benzene rings is 1. The molecule has 1 rings (SSSR count). The summed E-state index contributed by atoms with van der Waals surface area (Å²) in [5.74, 6) is -1.65. The molecule has 0 saturated carbocycles. The van der Waals surface area contributed by atoms with E-state index in [0.717, 1.165) is 23.9 Å². The summed E-state index contributed by atoms with van der Waals surface area (Å²) < 4.78 is 25.8. The molecule has 1 unspecified atom stereocenters. The van der Waals surface area contributed by atoms with Crippen LogP contribution in [0.1, 0.15) is 20.8 Å². The molecule has 0 fully saturated rings. The van der Waals surface area contributed by atoms with E-state index in [-0.39, 0.29) is 30.0 Å². The molecule has 0 aliphatic rings. The molecule has 3 N–H and O–H groups in total. The quantitative estimate of drug-likeness (QED) is 0.784. The number of amides is 1. The van der Waals surface area contributed by atoms with E-state index < -0.39 is 17.2 Å². The maximum Gasteiger partial charge on any atom is 0.230 e. The Morgan fingerprint density at radius 2 is 2.00 bits per heavy atom. The van der Waals surface area contributed by atoms with Crippen LogP contribution in [0.15, 0.2) is 23.1 Å². The highest BCUT2D eigenvalue weighted by molar-refractivity contribution is 8.00. The van der Waals surface area contributed by atoms with Crippen molar-refractivity contribution in [1.82, 2.24) is 5.32 Å². The van der Waals surface area contributed by atoms with Crippen molar-refractivity contribution in [2.45, 2.75) is 31.2 Å². The molecule has 0 radical (unpaired) electrons. The fourth-order valence-corrected chi connectivity index (χ4v) is 2.22. The highest BCUT2D eigenvalue weighted by atomic mass is 35.5. The standard InChI is InChI=1S/C14H20F2N2OS.ClH/c1-9(2)14(3,8-17)18-13(19)7-20-10-4-5-11(15)12(16)6-10;/h4-6,9H,7-8,17H2,1-3H3,(H,18,19);1H. The summed E-state index contributed by atoms with van der Waals surface area (Å²) in [5, 5.41) is 2.89. The van der Waals surface area contributed by atoms with Gasteiger partial charge < -0.3 is 11.1 Å². The number of hydrogen-bond donors (Lipinski definition) is 2. The molecule has 1 amide bonds. The summed E-state index contributed by atoms with van der Waals surface area (Å²) in [6.45, 7) is 6.19. The molecule has 0 aliphatic heterocycles. The fraction of sp³-hybridized carbons (Fsp3) is 0.500. The lowest BCUT2D eigenvalue weighted by Gasteiger charge is -2.33. The van der Waals surface area contributed by atoms with Gasteiger partial charge >= 0.3 is 0 Å². The van der Waals surface area contributed by atoms with Crippen LogP contribution in [-0.4, -0.2) is 23.7 Å². The van der Waals surface area contributed by atoms with Gasteiger partial charge in [-0.1, -0.05) is 13.8 Å². The molecule has 0 spiro atoms. The topological polar surface area (TPSA) is 55.1 Å². The number of halogens is 3. The lowest BCUT2D eigenvalue weighted by molar-refractivity contribution is -0.120. The minimum atomic E-state index is -0.913. The Bertz CT molecular complexity index is 488. The van der Waals surface area contributed by atoms with Gasteiger partial charge in [0.05, 0.1) is 11.3 Å². The minimum absolute atomic E-state index is 0. The second-order valence-corrected chi connectivity index (χ2v) is 6.24. The van der Waals surface area contributed by atoms with Gasteiger partial charge in [0.1, 0.15) is 0 Å². The van der Waals surface area contributed by atoms with Crippen LogP contribution in [0.5, 0.6) is 0 Å². The second kappa shape index (κ2) is 8.56. The van der Waals surface area contributed by atoms with Gasteiger partial charge in [0.25, 0.3) is 0 Å². The Morgan fingerprint density at radius 3 is 2.48 bits per heavy atom. The zero-order chi connectivity index (χ0) is 15.3. The van der Waals surface area contributed by atoms with Gasteiger partial charge in [-0.25, -0.2) is 8.78 Å². The number of rotatable bonds is 6. The Labute approximate surface area is 134 Å². The van der Waals surface area contributed by atoms with Crippen LogP contribution in [0.2, 0.25) is 0 Å². The van der Waals surface area contributed by atoms with Crippen LogP contribution >= 0.6 is 24.2 Å². The molecule has 0 saturated heterocycles. The Hall–Kier alpha value is -0.850. The molecular formula is C14H21ClF2N2OS. The summed E-state index contributed by atoms with van der Waals surface area (Å²) in [6, 6.07) is 3.58. The summed E-state index contributed by atoms with van der Waals surface area (Å²) in [6.07, 6.45) is 0. The minimum Gasteiger partial charge on any atom is -0.349 e. The van der Waals surface area contributed by atoms with Crippen molar-refractivity contribution < 1.29 is 13.6 Å². The number of hydrogen-bond acceptors (Lipinski definition) is 3. The number of carbonyl (C=O) groups excluding carboxylic acids is 1. The fourth-order valence-electron chi connectivity index (χ4n) is 1.50. The first-order valence-electron chi connectivity index (χ1n) is 6.37. The van der Waals surface area contributed by atoms with Crippen LogP contribution in [0.25, 0.3) is 0 Å². The second-order valence-electron chi connectivity index (χ2n) is 5.19. The SMILES string of the molecule is CC(C)C(C)(CN)NC(=O)CSc1ccc(F)c(F)c1.Cl. The Kier molecular flexibility index (Phi) is 8.21. The van der Waals surface area contributed by atoms with Gasteiger partial charge in [-0.3, -0.25) is 4.79 Å². The molecule has 0 bridgehead atoms. The maximum absolute atomic E-state index is 13.0. The first-order chi connectivity index (χ1) is 9.28. The van der Waals surface area contributed by atoms with E-state index in [1.807, 2.05) is 20.8 Å². The molecule has 21 heavy (non-hydrogen) atoms. The highest BCUT2D eigenvalue weighted by Crippen LogP contribution is 2.21. The number of carbonyl (C=O) groups is 1. The predicted molar refractivity (Wildman–Crippen MR) is 84.8 cm³/mol. The van der Waals surface area contributed by atoms with Crippen LogP contribution in [0.4, 0.5) is 8.78 Å². The Morgan fingerprint density at radius 1 is 1.38 bits per heavy atom. The first kappa shape index (κ1) is 20.1. The predicted octanol–water partition coefficient (Wildman–Crippen LogP) is 2.97. The van der Waals surface area contributed by atoms with Crippen molar-refractivity contribution >= 4 is 30.1 Å². The van der Waals surface area contributed by atoms with E-state index in [4.69, 9.17) is 5.73 Å². The van der Waals surface area contributed by atoms with Crippen LogP contribution in [-0.2, 0) is 4.79 Å². The zero-order valence-electron chi connectivity index (χ0n) is 12.3. The van der Waals surface area contributed by atoms with Gasteiger partial charge in [0.15, 0.2) is 11.6 Å². The third-order valence-electron chi connectivity index (χ3n) is 3.38. The van der Waals surface area contributed by atoms with Gasteiger partial charge in [-0.15, -0.1) is 24.2 Å². The van der Waals surface area contributed by atoms with Crippen LogP contribution < -0.4 is 11.1 Å². The zero-order valence-corrected chi connectivity index (χ0v) is 13.9. The van der Waals surface area contributed by atoms with E-state index in [9.17, 15) is 13.6 Å². The van der Waals surface area contributed by atoms with Crippen molar-refractivity contribution in [3.05, 3.63) is 29.8 Å². The smallest absolute Gasteiger partial charge is 0.230 e. The summed E-state index contributed by atoms with van der Waals surface area (Å²) in [4.78, 5) is 12.4. The third kappa shape index (κ3) is 5.80. The molecule has 0 heterocycles. The molecular weight excluding hydrogens is 318 g/mol. The molecule has 1 aromatic rings. The van der Waals surface area contributed by atoms with Crippen LogP contribution in [0.3, 0.4) is 0 Å². The van der Waals surface area contributed by atoms with Crippen molar-refractivity contribution in [3.63, 3.8) is 0 Å². The van der Waals surface area contributed by atoms with Crippen LogP contribution in [0, 0.1) is 17.6 Å². The van der Waals surface area contributed by atoms with Gasteiger partial charge in [-0.05, 0) is 31.0 Å². The number of nitrogens with one attached hydrogen (secondary N) is 1. The molecule has 0 aliphatic carbocycles. The molecule has 3 nitrogen and oxygen atoms in total. The number of thioether (sulfide) groups is 1. The molecule has 0 aromatic heterocycles.